The molecule has 1 aliphatic heterocycles. The molecule has 150 valence electrons. The Labute approximate surface area is 167 Å². The number of hydrogen-bond acceptors (Lipinski definition) is 4. The molecule has 1 saturated heterocycles. The molecule has 5 nitrogen and oxygen atoms in total. The summed E-state index contributed by atoms with van der Waals surface area (Å²) >= 11 is 0. The van der Waals surface area contributed by atoms with Gasteiger partial charge in [-0.05, 0) is 55.6 Å². The van der Waals surface area contributed by atoms with Gasteiger partial charge >= 0.3 is 0 Å². The van der Waals surface area contributed by atoms with Gasteiger partial charge in [-0.15, -0.1) is 0 Å². The summed E-state index contributed by atoms with van der Waals surface area (Å²) in [6, 6.07) is 16.0. The molecule has 3 rings (SSSR count). The standard InChI is InChI=1S/C23H30N2O3/c1-27-20-14-18(15-21(16-20)28-2)10-11-23(26)24-22(17-25-12-6-7-13-25)19-8-4-3-5-9-19/h3-5,8-9,14-16,22H,6-7,10-13,17H2,1-2H3,(H,24,26). The molecule has 5 heteroatoms. The van der Waals surface area contributed by atoms with Crippen LogP contribution in [0.25, 0.3) is 0 Å². The van der Waals surface area contributed by atoms with Crippen LogP contribution in [0.1, 0.15) is 36.4 Å². The van der Waals surface area contributed by atoms with E-state index in [0.717, 1.165) is 42.3 Å². The van der Waals surface area contributed by atoms with E-state index in [1.807, 2.05) is 36.4 Å². The third kappa shape index (κ3) is 5.73. The number of hydrogen-bond donors (Lipinski definition) is 1. The van der Waals surface area contributed by atoms with Gasteiger partial charge in [0.1, 0.15) is 11.5 Å². The maximum absolute atomic E-state index is 12.7. The van der Waals surface area contributed by atoms with E-state index in [2.05, 4.69) is 22.3 Å². The van der Waals surface area contributed by atoms with E-state index in [9.17, 15) is 4.79 Å². The summed E-state index contributed by atoms with van der Waals surface area (Å²) in [5.41, 5.74) is 2.19. The molecule has 1 aliphatic rings. The minimum absolute atomic E-state index is 0.0200. The molecule has 1 amide bonds. The quantitative estimate of drug-likeness (QED) is 0.720. The Bertz CT molecular complexity index is 735. The van der Waals surface area contributed by atoms with Crippen LogP contribution in [0.3, 0.4) is 0 Å². The van der Waals surface area contributed by atoms with Gasteiger partial charge in [0.25, 0.3) is 0 Å². The average molecular weight is 383 g/mol. The fourth-order valence-electron chi connectivity index (χ4n) is 3.68. The number of benzene rings is 2. The first-order chi connectivity index (χ1) is 13.7. The van der Waals surface area contributed by atoms with Crippen LogP contribution < -0.4 is 14.8 Å². The minimum Gasteiger partial charge on any atom is -0.497 e. The van der Waals surface area contributed by atoms with Crippen LogP contribution in [0.2, 0.25) is 0 Å². The van der Waals surface area contributed by atoms with Crippen molar-refractivity contribution >= 4 is 5.91 Å². The highest BCUT2D eigenvalue weighted by Crippen LogP contribution is 2.23. The fraction of sp³-hybridized carbons (Fsp3) is 0.435. The SMILES string of the molecule is COc1cc(CCC(=O)NC(CN2CCCC2)c2ccccc2)cc(OC)c1. The van der Waals surface area contributed by atoms with Crippen LogP contribution >= 0.6 is 0 Å². The Morgan fingerprint density at radius 3 is 2.29 bits per heavy atom. The summed E-state index contributed by atoms with van der Waals surface area (Å²) in [5, 5.41) is 3.24. The maximum Gasteiger partial charge on any atom is 0.220 e. The first-order valence-electron chi connectivity index (χ1n) is 9.96. The fourth-order valence-corrected chi connectivity index (χ4v) is 3.68. The molecule has 0 aromatic heterocycles. The number of carbonyl (C=O) groups excluding carboxylic acids is 1. The molecule has 0 radical (unpaired) electrons. The van der Waals surface area contributed by atoms with Crippen LogP contribution in [0.5, 0.6) is 11.5 Å². The Hall–Kier alpha value is -2.53. The van der Waals surface area contributed by atoms with Crippen molar-refractivity contribution in [3.8, 4) is 11.5 Å². The number of amides is 1. The van der Waals surface area contributed by atoms with Crippen molar-refractivity contribution in [3.63, 3.8) is 0 Å². The summed E-state index contributed by atoms with van der Waals surface area (Å²) in [6.45, 7) is 3.09. The van der Waals surface area contributed by atoms with Crippen molar-refractivity contribution in [1.82, 2.24) is 10.2 Å². The molecular formula is C23H30N2O3. The molecule has 1 fully saturated rings. The summed E-state index contributed by atoms with van der Waals surface area (Å²) in [6.07, 6.45) is 3.56. The zero-order valence-electron chi connectivity index (χ0n) is 16.8. The lowest BCUT2D eigenvalue weighted by Gasteiger charge is -2.25. The predicted octanol–water partition coefficient (Wildman–Crippen LogP) is 3.59. The second-order valence-corrected chi connectivity index (χ2v) is 7.26. The number of methoxy groups -OCH3 is 2. The molecule has 0 aliphatic carbocycles. The molecule has 2 aromatic carbocycles. The monoisotopic (exact) mass is 382 g/mol. The number of nitrogens with one attached hydrogen (secondary N) is 1. The van der Waals surface area contributed by atoms with E-state index in [0.29, 0.717) is 12.8 Å². The average Bonchev–Trinajstić information content (AvgIpc) is 3.25. The van der Waals surface area contributed by atoms with Crippen LogP contribution in [0.4, 0.5) is 0 Å². The smallest absolute Gasteiger partial charge is 0.220 e. The minimum atomic E-state index is 0.0200. The van der Waals surface area contributed by atoms with Crippen molar-refractivity contribution in [3.05, 3.63) is 59.7 Å². The number of rotatable bonds is 9. The summed E-state index contributed by atoms with van der Waals surface area (Å²) in [5.74, 6) is 1.55. The van der Waals surface area contributed by atoms with Gasteiger partial charge in [-0.1, -0.05) is 30.3 Å². The van der Waals surface area contributed by atoms with Gasteiger partial charge in [-0.3, -0.25) is 4.79 Å². The Morgan fingerprint density at radius 2 is 1.68 bits per heavy atom. The second kappa shape index (κ2) is 10.1. The third-order valence-corrected chi connectivity index (χ3v) is 5.23. The molecule has 1 atom stereocenters. The van der Waals surface area contributed by atoms with Gasteiger partial charge in [0.15, 0.2) is 0 Å². The summed E-state index contributed by atoms with van der Waals surface area (Å²) in [4.78, 5) is 15.1. The first kappa shape index (κ1) is 20.2. The topological polar surface area (TPSA) is 50.8 Å². The lowest BCUT2D eigenvalue weighted by Crippen LogP contribution is -2.37. The normalized spacial score (nSPS) is 15.2. The van der Waals surface area contributed by atoms with Gasteiger partial charge in [0.2, 0.25) is 5.91 Å². The highest BCUT2D eigenvalue weighted by molar-refractivity contribution is 5.76. The van der Waals surface area contributed by atoms with Crippen molar-refractivity contribution in [2.24, 2.45) is 0 Å². The van der Waals surface area contributed by atoms with Crippen molar-refractivity contribution < 1.29 is 14.3 Å². The number of nitrogens with zero attached hydrogens (tertiary/aromatic N) is 1. The zero-order valence-corrected chi connectivity index (χ0v) is 16.8. The largest absolute Gasteiger partial charge is 0.497 e. The lowest BCUT2D eigenvalue weighted by atomic mass is 10.0. The highest BCUT2D eigenvalue weighted by Gasteiger charge is 2.20. The second-order valence-electron chi connectivity index (χ2n) is 7.26. The van der Waals surface area contributed by atoms with E-state index in [1.54, 1.807) is 14.2 Å². The Kier molecular flexibility index (Phi) is 7.31. The van der Waals surface area contributed by atoms with E-state index in [4.69, 9.17) is 9.47 Å². The Morgan fingerprint density at radius 1 is 1.04 bits per heavy atom. The lowest BCUT2D eigenvalue weighted by molar-refractivity contribution is -0.121. The van der Waals surface area contributed by atoms with Crippen molar-refractivity contribution in [2.75, 3.05) is 33.9 Å². The third-order valence-electron chi connectivity index (χ3n) is 5.23. The van der Waals surface area contributed by atoms with E-state index in [-0.39, 0.29) is 11.9 Å². The van der Waals surface area contributed by atoms with Crippen molar-refractivity contribution in [2.45, 2.75) is 31.7 Å². The van der Waals surface area contributed by atoms with E-state index >= 15 is 0 Å². The zero-order chi connectivity index (χ0) is 19.8. The van der Waals surface area contributed by atoms with Gasteiger partial charge < -0.3 is 19.7 Å². The van der Waals surface area contributed by atoms with Crippen LogP contribution in [-0.4, -0.2) is 44.7 Å². The summed E-state index contributed by atoms with van der Waals surface area (Å²) < 4.78 is 10.6. The number of ether oxygens (including phenoxy) is 2. The molecule has 1 heterocycles. The number of aryl methyl sites for hydroxylation is 1. The van der Waals surface area contributed by atoms with Crippen LogP contribution in [-0.2, 0) is 11.2 Å². The molecule has 0 bridgehead atoms. The molecule has 28 heavy (non-hydrogen) atoms. The molecule has 1 N–H and O–H groups in total. The first-order valence-corrected chi connectivity index (χ1v) is 9.96. The molecule has 1 unspecified atom stereocenters. The molecule has 2 aromatic rings. The van der Waals surface area contributed by atoms with Crippen LogP contribution in [0.15, 0.2) is 48.5 Å². The number of carbonyl (C=O) groups is 1. The van der Waals surface area contributed by atoms with Gasteiger partial charge in [0, 0.05) is 19.0 Å². The van der Waals surface area contributed by atoms with E-state index < -0.39 is 0 Å². The van der Waals surface area contributed by atoms with Gasteiger partial charge in [0.05, 0.1) is 20.3 Å². The van der Waals surface area contributed by atoms with Gasteiger partial charge in [-0.25, -0.2) is 0 Å². The predicted molar refractivity (Wildman–Crippen MR) is 111 cm³/mol. The summed E-state index contributed by atoms with van der Waals surface area (Å²) in [7, 11) is 3.27. The number of likely N-dealkylation sites (tertiary alicyclic amines) is 1. The highest BCUT2D eigenvalue weighted by atomic mass is 16.5. The Balaban J connectivity index is 1.62. The van der Waals surface area contributed by atoms with E-state index in [1.165, 1.54) is 12.8 Å². The maximum atomic E-state index is 12.7. The molecular weight excluding hydrogens is 352 g/mol. The van der Waals surface area contributed by atoms with Crippen molar-refractivity contribution in [1.29, 1.82) is 0 Å². The van der Waals surface area contributed by atoms with Gasteiger partial charge in [-0.2, -0.15) is 0 Å². The van der Waals surface area contributed by atoms with Crippen LogP contribution in [0, 0.1) is 0 Å². The molecule has 0 saturated carbocycles. The molecule has 0 spiro atoms.